The van der Waals surface area contributed by atoms with E-state index in [1.807, 2.05) is 11.5 Å². The zero-order valence-corrected chi connectivity index (χ0v) is 17.4. The minimum absolute atomic E-state index is 0.213. The summed E-state index contributed by atoms with van der Waals surface area (Å²) in [4.78, 5) is 11.9. The summed E-state index contributed by atoms with van der Waals surface area (Å²) in [6.07, 6.45) is 4.64. The Morgan fingerprint density at radius 1 is 1.21 bits per heavy atom. The molecular weight excluding hydrogens is 379 g/mol. The van der Waals surface area contributed by atoms with Gasteiger partial charge in [0, 0.05) is 40.1 Å². The molecule has 28 heavy (non-hydrogen) atoms. The Labute approximate surface area is 170 Å². The Balaban J connectivity index is 1.88. The highest BCUT2D eigenvalue weighted by molar-refractivity contribution is 6.31. The third-order valence-electron chi connectivity index (χ3n) is 6.09. The van der Waals surface area contributed by atoms with Crippen molar-refractivity contribution in [3.8, 4) is 0 Å². The zero-order valence-electron chi connectivity index (χ0n) is 16.7. The lowest BCUT2D eigenvalue weighted by Crippen LogP contribution is -2.32. The van der Waals surface area contributed by atoms with E-state index in [1.165, 1.54) is 18.9 Å². The number of nitrogens with zero attached hydrogens (tertiary/aromatic N) is 1. The van der Waals surface area contributed by atoms with Crippen LogP contribution in [0.3, 0.4) is 0 Å². The fourth-order valence-corrected chi connectivity index (χ4v) is 4.46. The number of rotatable bonds is 6. The third-order valence-corrected chi connectivity index (χ3v) is 6.44. The summed E-state index contributed by atoms with van der Waals surface area (Å²) in [5, 5.41) is 13.7. The normalized spacial score (nSPS) is 19.8. The second-order valence-electron chi connectivity index (χ2n) is 7.95. The molecule has 1 aromatic heterocycles. The summed E-state index contributed by atoms with van der Waals surface area (Å²) in [5.41, 5.74) is 2.92. The van der Waals surface area contributed by atoms with Crippen LogP contribution in [-0.2, 0) is 13.1 Å². The standard InChI is InChI=1S/C22H28ClFN2O2/c1-13-7-9-16(10-8-13)25-11-17-14(2)26(15(3)21(17)22(27)28)12-18-19(23)5-4-6-20(18)24/h4-6,13,16,25H,7-12H2,1-3H3,(H,27,28). The summed E-state index contributed by atoms with van der Waals surface area (Å²) in [6, 6.07) is 5.01. The molecule has 0 radical (unpaired) electrons. The molecule has 0 unspecified atom stereocenters. The Hall–Kier alpha value is -1.85. The maximum Gasteiger partial charge on any atom is 0.337 e. The molecule has 0 atom stereocenters. The van der Waals surface area contributed by atoms with Crippen molar-refractivity contribution in [1.82, 2.24) is 9.88 Å². The molecule has 152 valence electrons. The summed E-state index contributed by atoms with van der Waals surface area (Å²) in [6.45, 7) is 6.67. The molecule has 2 aromatic rings. The molecule has 1 saturated carbocycles. The number of benzene rings is 1. The summed E-state index contributed by atoms with van der Waals surface area (Å²) >= 11 is 6.19. The average molecular weight is 407 g/mol. The summed E-state index contributed by atoms with van der Waals surface area (Å²) in [7, 11) is 0. The van der Waals surface area contributed by atoms with E-state index in [-0.39, 0.29) is 12.4 Å². The van der Waals surface area contributed by atoms with Crippen molar-refractivity contribution in [2.45, 2.75) is 65.6 Å². The molecule has 0 aliphatic heterocycles. The summed E-state index contributed by atoms with van der Waals surface area (Å²) in [5.74, 6) is -0.566. The second kappa shape index (κ2) is 8.66. The fraction of sp³-hybridized carbons (Fsp3) is 0.500. The van der Waals surface area contributed by atoms with E-state index in [2.05, 4.69) is 12.2 Å². The van der Waals surface area contributed by atoms with Gasteiger partial charge in [-0.2, -0.15) is 0 Å². The van der Waals surface area contributed by atoms with Crippen LogP contribution >= 0.6 is 11.6 Å². The van der Waals surface area contributed by atoms with Crippen molar-refractivity contribution in [2.75, 3.05) is 0 Å². The Morgan fingerprint density at radius 2 is 1.89 bits per heavy atom. The highest BCUT2D eigenvalue weighted by Gasteiger charge is 2.25. The zero-order chi connectivity index (χ0) is 20.4. The molecule has 1 aliphatic carbocycles. The summed E-state index contributed by atoms with van der Waals surface area (Å²) < 4.78 is 16.1. The number of carboxylic acids is 1. The van der Waals surface area contributed by atoms with Crippen LogP contribution < -0.4 is 5.32 Å². The van der Waals surface area contributed by atoms with E-state index < -0.39 is 5.97 Å². The molecule has 6 heteroatoms. The monoisotopic (exact) mass is 406 g/mol. The Bertz CT molecular complexity index is 850. The first kappa shape index (κ1) is 20.9. The first-order chi connectivity index (χ1) is 13.3. The van der Waals surface area contributed by atoms with E-state index in [0.717, 1.165) is 30.0 Å². The Kier molecular flexibility index (Phi) is 6.46. The van der Waals surface area contributed by atoms with Crippen molar-refractivity contribution in [3.05, 3.63) is 57.1 Å². The third kappa shape index (κ3) is 4.26. The van der Waals surface area contributed by atoms with Gasteiger partial charge in [-0.15, -0.1) is 0 Å². The number of nitrogens with one attached hydrogen (secondary N) is 1. The molecule has 1 aliphatic rings. The lowest BCUT2D eigenvalue weighted by atomic mass is 9.87. The number of hydrogen-bond acceptors (Lipinski definition) is 2. The van der Waals surface area contributed by atoms with Crippen molar-refractivity contribution in [2.24, 2.45) is 5.92 Å². The van der Waals surface area contributed by atoms with Gasteiger partial charge in [-0.25, -0.2) is 9.18 Å². The van der Waals surface area contributed by atoms with Crippen LogP contribution in [0.2, 0.25) is 5.02 Å². The molecule has 1 fully saturated rings. The van der Waals surface area contributed by atoms with Crippen LogP contribution in [0.4, 0.5) is 4.39 Å². The van der Waals surface area contributed by atoms with Gasteiger partial charge < -0.3 is 15.0 Å². The molecule has 0 amide bonds. The maximum absolute atomic E-state index is 14.3. The largest absolute Gasteiger partial charge is 0.478 e. The topological polar surface area (TPSA) is 54.3 Å². The quantitative estimate of drug-likeness (QED) is 0.683. The van der Waals surface area contributed by atoms with Gasteiger partial charge in [0.05, 0.1) is 12.1 Å². The molecule has 0 bridgehead atoms. The highest BCUT2D eigenvalue weighted by Crippen LogP contribution is 2.28. The molecule has 1 aromatic carbocycles. The fourth-order valence-electron chi connectivity index (χ4n) is 4.24. The predicted octanol–water partition coefficient (Wildman–Crippen LogP) is 5.31. The van der Waals surface area contributed by atoms with E-state index >= 15 is 0 Å². The molecule has 3 rings (SSSR count). The number of hydrogen-bond donors (Lipinski definition) is 2. The minimum Gasteiger partial charge on any atom is -0.478 e. The smallest absolute Gasteiger partial charge is 0.337 e. The first-order valence-corrected chi connectivity index (χ1v) is 10.3. The van der Waals surface area contributed by atoms with Crippen molar-refractivity contribution in [1.29, 1.82) is 0 Å². The van der Waals surface area contributed by atoms with Gasteiger partial charge in [0.1, 0.15) is 5.82 Å². The van der Waals surface area contributed by atoms with Gasteiger partial charge in [-0.1, -0.05) is 24.6 Å². The van der Waals surface area contributed by atoms with E-state index in [4.69, 9.17) is 11.6 Å². The molecular formula is C22H28ClFN2O2. The van der Waals surface area contributed by atoms with Crippen LogP contribution in [0.5, 0.6) is 0 Å². The lowest BCUT2D eigenvalue weighted by Gasteiger charge is -2.27. The molecule has 1 heterocycles. The van der Waals surface area contributed by atoms with Crippen molar-refractivity contribution < 1.29 is 14.3 Å². The predicted molar refractivity (Wildman–Crippen MR) is 110 cm³/mol. The van der Waals surface area contributed by atoms with Crippen LogP contribution in [0.1, 0.15) is 65.5 Å². The van der Waals surface area contributed by atoms with Crippen LogP contribution in [0.15, 0.2) is 18.2 Å². The van der Waals surface area contributed by atoms with E-state index in [9.17, 15) is 14.3 Å². The highest BCUT2D eigenvalue weighted by atomic mass is 35.5. The van der Waals surface area contributed by atoms with Gasteiger partial charge in [0.2, 0.25) is 0 Å². The van der Waals surface area contributed by atoms with Crippen LogP contribution in [0, 0.1) is 25.6 Å². The van der Waals surface area contributed by atoms with Crippen LogP contribution in [0.25, 0.3) is 0 Å². The van der Waals surface area contributed by atoms with E-state index in [0.29, 0.717) is 34.4 Å². The molecule has 2 N–H and O–H groups in total. The van der Waals surface area contributed by atoms with Gasteiger partial charge in [-0.05, 0) is 57.6 Å². The molecule has 0 saturated heterocycles. The number of carboxylic acid groups (broad SMARTS) is 1. The number of halogens is 2. The van der Waals surface area contributed by atoms with Gasteiger partial charge in [-0.3, -0.25) is 0 Å². The first-order valence-electron chi connectivity index (χ1n) is 9.87. The van der Waals surface area contributed by atoms with Crippen molar-refractivity contribution in [3.63, 3.8) is 0 Å². The Morgan fingerprint density at radius 3 is 2.50 bits per heavy atom. The molecule has 0 spiro atoms. The number of carbonyl (C=O) groups is 1. The van der Waals surface area contributed by atoms with Gasteiger partial charge in [0.15, 0.2) is 0 Å². The average Bonchev–Trinajstić information content (AvgIpc) is 2.88. The van der Waals surface area contributed by atoms with E-state index in [1.54, 1.807) is 19.1 Å². The number of aromatic carboxylic acids is 1. The second-order valence-corrected chi connectivity index (χ2v) is 8.36. The lowest BCUT2D eigenvalue weighted by molar-refractivity contribution is 0.0694. The molecule has 4 nitrogen and oxygen atoms in total. The minimum atomic E-state index is -0.951. The SMILES string of the molecule is Cc1c(CNC2CCC(C)CC2)c(C(=O)O)c(C)n1Cc1c(F)cccc1Cl. The van der Waals surface area contributed by atoms with Gasteiger partial charge >= 0.3 is 5.97 Å². The maximum atomic E-state index is 14.3. The number of aromatic nitrogens is 1. The van der Waals surface area contributed by atoms with Gasteiger partial charge in [0.25, 0.3) is 0 Å². The van der Waals surface area contributed by atoms with Crippen LogP contribution in [-0.4, -0.2) is 21.7 Å². The van der Waals surface area contributed by atoms with Crippen molar-refractivity contribution >= 4 is 17.6 Å².